The van der Waals surface area contributed by atoms with Gasteiger partial charge in [-0.2, -0.15) is 5.10 Å². The fraction of sp³-hybridized carbons (Fsp3) is 0.500. The Morgan fingerprint density at radius 3 is 3.29 bits per heavy atom. The Morgan fingerprint density at radius 1 is 1.59 bits per heavy atom. The second-order valence-electron chi connectivity index (χ2n) is 4.42. The molecule has 0 spiro atoms. The molecule has 3 rings (SSSR count). The highest BCUT2D eigenvalue weighted by atomic mass is 16.5. The molecule has 90 valence electrons. The van der Waals surface area contributed by atoms with Crippen molar-refractivity contribution in [2.24, 2.45) is 0 Å². The predicted octanol–water partition coefficient (Wildman–Crippen LogP) is 0.569. The number of ether oxygens (including phenoxy) is 1. The summed E-state index contributed by atoms with van der Waals surface area (Å²) in [5, 5.41) is 7.89. The van der Waals surface area contributed by atoms with Crippen LogP contribution >= 0.6 is 0 Å². The first-order valence-electron chi connectivity index (χ1n) is 5.95. The Morgan fingerprint density at radius 2 is 2.53 bits per heavy atom. The third-order valence-corrected chi connectivity index (χ3v) is 3.03. The molecule has 0 aromatic carbocycles. The van der Waals surface area contributed by atoms with E-state index in [1.165, 1.54) is 0 Å². The number of morpholine rings is 1. The summed E-state index contributed by atoms with van der Waals surface area (Å²) >= 11 is 0. The summed E-state index contributed by atoms with van der Waals surface area (Å²) in [4.78, 5) is 4.56. The van der Waals surface area contributed by atoms with Gasteiger partial charge in [0.1, 0.15) is 0 Å². The third-order valence-electron chi connectivity index (χ3n) is 3.03. The average Bonchev–Trinajstić information content (AvgIpc) is 2.74. The zero-order valence-electron chi connectivity index (χ0n) is 9.89. The van der Waals surface area contributed by atoms with Crippen molar-refractivity contribution in [2.45, 2.75) is 19.4 Å². The molecule has 0 saturated carbocycles. The van der Waals surface area contributed by atoms with E-state index in [0.717, 1.165) is 43.2 Å². The fourth-order valence-corrected chi connectivity index (χ4v) is 2.14. The van der Waals surface area contributed by atoms with Gasteiger partial charge in [0.15, 0.2) is 11.5 Å². The summed E-state index contributed by atoms with van der Waals surface area (Å²) in [5.74, 6) is 0.877. The van der Waals surface area contributed by atoms with Gasteiger partial charge in [-0.1, -0.05) is 6.07 Å². The fourth-order valence-electron chi connectivity index (χ4n) is 2.14. The van der Waals surface area contributed by atoms with Crippen molar-refractivity contribution in [2.75, 3.05) is 19.8 Å². The van der Waals surface area contributed by atoms with Gasteiger partial charge in [-0.3, -0.25) is 0 Å². The van der Waals surface area contributed by atoms with Gasteiger partial charge in [0.2, 0.25) is 0 Å². The molecule has 1 fully saturated rings. The molecule has 17 heavy (non-hydrogen) atoms. The van der Waals surface area contributed by atoms with Crippen molar-refractivity contribution in [3.63, 3.8) is 0 Å². The first-order chi connectivity index (χ1) is 8.33. The van der Waals surface area contributed by atoms with Crippen LogP contribution in [0, 0.1) is 6.92 Å². The third kappa shape index (κ3) is 2.16. The van der Waals surface area contributed by atoms with Crippen molar-refractivity contribution in [3.8, 4) is 0 Å². The molecule has 0 bridgehead atoms. The lowest BCUT2D eigenvalue weighted by atomic mass is 10.2. The lowest BCUT2D eigenvalue weighted by Crippen LogP contribution is -2.42. The molecule has 1 aliphatic rings. The van der Waals surface area contributed by atoms with Crippen LogP contribution in [0.5, 0.6) is 0 Å². The van der Waals surface area contributed by atoms with E-state index < -0.39 is 0 Å². The van der Waals surface area contributed by atoms with Crippen molar-refractivity contribution >= 4 is 5.65 Å². The highest BCUT2D eigenvalue weighted by Gasteiger charge is 2.16. The lowest BCUT2D eigenvalue weighted by Gasteiger charge is -2.22. The smallest absolute Gasteiger partial charge is 0.158 e. The molecule has 0 radical (unpaired) electrons. The number of nitrogens with zero attached hydrogens (tertiary/aromatic N) is 3. The van der Waals surface area contributed by atoms with Crippen LogP contribution < -0.4 is 5.32 Å². The minimum Gasteiger partial charge on any atom is -0.379 e. The SMILES string of the molecule is Cc1cccn2nc(CC3COCCN3)nc12. The Bertz CT molecular complexity index is 516. The number of pyridine rings is 1. The topological polar surface area (TPSA) is 51.5 Å². The Balaban J connectivity index is 1.83. The average molecular weight is 232 g/mol. The van der Waals surface area contributed by atoms with Crippen molar-refractivity contribution in [3.05, 3.63) is 29.7 Å². The van der Waals surface area contributed by atoms with Crippen LogP contribution in [0.15, 0.2) is 18.3 Å². The van der Waals surface area contributed by atoms with E-state index in [0.29, 0.717) is 6.04 Å². The monoisotopic (exact) mass is 232 g/mol. The van der Waals surface area contributed by atoms with E-state index in [2.05, 4.69) is 28.4 Å². The van der Waals surface area contributed by atoms with Crippen LogP contribution in [0.4, 0.5) is 0 Å². The molecule has 1 saturated heterocycles. The molecular weight excluding hydrogens is 216 g/mol. The second-order valence-corrected chi connectivity index (χ2v) is 4.42. The Hall–Kier alpha value is -1.46. The Labute approximate surface area is 99.8 Å². The predicted molar refractivity (Wildman–Crippen MR) is 64.0 cm³/mol. The largest absolute Gasteiger partial charge is 0.379 e. The van der Waals surface area contributed by atoms with Crippen LogP contribution in [-0.2, 0) is 11.2 Å². The maximum absolute atomic E-state index is 5.43. The highest BCUT2D eigenvalue weighted by Crippen LogP contribution is 2.09. The van der Waals surface area contributed by atoms with Gasteiger partial charge in [-0.05, 0) is 18.6 Å². The molecule has 5 heteroatoms. The molecule has 3 heterocycles. The summed E-state index contributed by atoms with van der Waals surface area (Å²) in [6.07, 6.45) is 2.75. The van der Waals surface area contributed by atoms with E-state index in [1.807, 2.05) is 16.8 Å². The van der Waals surface area contributed by atoms with E-state index >= 15 is 0 Å². The summed E-state index contributed by atoms with van der Waals surface area (Å²) in [6.45, 7) is 4.51. The minimum absolute atomic E-state index is 0.335. The number of nitrogens with one attached hydrogen (secondary N) is 1. The number of fused-ring (bicyclic) bond motifs is 1. The number of rotatable bonds is 2. The van der Waals surface area contributed by atoms with Crippen LogP contribution in [0.25, 0.3) is 5.65 Å². The van der Waals surface area contributed by atoms with Crippen LogP contribution in [0.1, 0.15) is 11.4 Å². The maximum Gasteiger partial charge on any atom is 0.158 e. The zero-order valence-corrected chi connectivity index (χ0v) is 9.89. The molecule has 0 amide bonds. The van der Waals surface area contributed by atoms with Gasteiger partial charge in [0, 0.05) is 25.2 Å². The Kier molecular flexibility index (Phi) is 2.78. The number of aromatic nitrogens is 3. The van der Waals surface area contributed by atoms with E-state index in [9.17, 15) is 0 Å². The van der Waals surface area contributed by atoms with E-state index in [4.69, 9.17) is 4.74 Å². The number of hydrogen-bond donors (Lipinski definition) is 1. The summed E-state index contributed by atoms with van der Waals surface area (Å²) in [7, 11) is 0. The lowest BCUT2D eigenvalue weighted by molar-refractivity contribution is 0.0764. The molecule has 1 aliphatic heterocycles. The highest BCUT2D eigenvalue weighted by molar-refractivity contribution is 5.45. The molecule has 2 aromatic heterocycles. The molecule has 1 unspecified atom stereocenters. The van der Waals surface area contributed by atoms with Crippen molar-refractivity contribution < 1.29 is 4.74 Å². The van der Waals surface area contributed by atoms with Crippen LogP contribution in [-0.4, -0.2) is 40.4 Å². The van der Waals surface area contributed by atoms with Crippen molar-refractivity contribution in [1.82, 2.24) is 19.9 Å². The quantitative estimate of drug-likeness (QED) is 0.822. The summed E-state index contributed by atoms with van der Waals surface area (Å²) in [6, 6.07) is 4.37. The molecule has 5 nitrogen and oxygen atoms in total. The summed E-state index contributed by atoms with van der Waals surface area (Å²) < 4.78 is 7.27. The molecule has 1 atom stereocenters. The van der Waals surface area contributed by atoms with Gasteiger partial charge >= 0.3 is 0 Å². The van der Waals surface area contributed by atoms with E-state index in [1.54, 1.807) is 0 Å². The van der Waals surface area contributed by atoms with Crippen LogP contribution in [0.2, 0.25) is 0 Å². The number of hydrogen-bond acceptors (Lipinski definition) is 4. The van der Waals surface area contributed by atoms with Gasteiger partial charge in [-0.15, -0.1) is 0 Å². The number of aryl methyl sites for hydroxylation is 1. The van der Waals surface area contributed by atoms with Gasteiger partial charge < -0.3 is 10.1 Å². The molecular formula is C12H16N4O. The normalized spacial score (nSPS) is 20.9. The first-order valence-corrected chi connectivity index (χ1v) is 5.95. The molecule has 2 aromatic rings. The molecule has 0 aliphatic carbocycles. The zero-order chi connectivity index (χ0) is 11.7. The van der Waals surface area contributed by atoms with Gasteiger partial charge in [0.25, 0.3) is 0 Å². The van der Waals surface area contributed by atoms with Gasteiger partial charge in [0.05, 0.1) is 13.2 Å². The van der Waals surface area contributed by atoms with Crippen LogP contribution in [0.3, 0.4) is 0 Å². The van der Waals surface area contributed by atoms with Gasteiger partial charge in [-0.25, -0.2) is 9.50 Å². The maximum atomic E-state index is 5.43. The van der Waals surface area contributed by atoms with Crippen molar-refractivity contribution in [1.29, 1.82) is 0 Å². The first kappa shape index (κ1) is 10.7. The van der Waals surface area contributed by atoms with E-state index in [-0.39, 0.29) is 0 Å². The summed E-state index contributed by atoms with van der Waals surface area (Å²) in [5.41, 5.74) is 2.10. The molecule has 1 N–H and O–H groups in total. The second kappa shape index (κ2) is 4.43. The standard InChI is InChI=1S/C12H16N4O/c1-9-3-2-5-16-12(9)14-11(15-16)7-10-8-17-6-4-13-10/h2-3,5,10,13H,4,6-8H2,1H3. The minimum atomic E-state index is 0.335.